The van der Waals surface area contributed by atoms with Crippen molar-refractivity contribution in [3.05, 3.63) is 40.9 Å². The van der Waals surface area contributed by atoms with Gasteiger partial charge in [0.15, 0.2) is 5.13 Å². The van der Waals surface area contributed by atoms with Crippen LogP contribution in [0.1, 0.15) is 11.3 Å². The van der Waals surface area contributed by atoms with E-state index >= 15 is 0 Å². The van der Waals surface area contributed by atoms with Gasteiger partial charge in [0.25, 0.3) is 0 Å². The van der Waals surface area contributed by atoms with E-state index in [4.69, 9.17) is 9.84 Å². The SMILES string of the molecule is COc1cccc(CN(C)c2nc(CC(=O)O)cs2)c1. The highest BCUT2D eigenvalue weighted by Crippen LogP contribution is 2.22. The molecule has 0 saturated carbocycles. The third kappa shape index (κ3) is 3.71. The predicted octanol–water partition coefficient (Wildman–Crippen LogP) is 2.42. The highest BCUT2D eigenvalue weighted by atomic mass is 32.1. The first-order chi connectivity index (χ1) is 9.58. The standard InChI is InChI=1S/C14H16N2O3S/c1-16(8-10-4-3-5-12(6-10)19-2)14-15-11(9-20-14)7-13(17)18/h3-6,9H,7-8H2,1-2H3,(H,17,18). The zero-order valence-corrected chi connectivity index (χ0v) is 12.2. The number of carboxylic acid groups (broad SMARTS) is 1. The highest BCUT2D eigenvalue weighted by molar-refractivity contribution is 7.13. The van der Waals surface area contributed by atoms with Crippen molar-refractivity contribution in [2.45, 2.75) is 13.0 Å². The molecule has 0 aliphatic rings. The van der Waals surface area contributed by atoms with Crippen LogP contribution in [0.25, 0.3) is 0 Å². The maximum Gasteiger partial charge on any atom is 0.309 e. The van der Waals surface area contributed by atoms with Crippen LogP contribution in [0.15, 0.2) is 29.6 Å². The van der Waals surface area contributed by atoms with Gasteiger partial charge in [-0.15, -0.1) is 11.3 Å². The van der Waals surface area contributed by atoms with Crippen molar-refractivity contribution >= 4 is 22.4 Å². The molecule has 0 atom stereocenters. The van der Waals surface area contributed by atoms with E-state index < -0.39 is 5.97 Å². The minimum atomic E-state index is -0.864. The number of anilines is 1. The van der Waals surface area contributed by atoms with Crippen LogP contribution >= 0.6 is 11.3 Å². The van der Waals surface area contributed by atoms with E-state index in [2.05, 4.69) is 4.98 Å². The van der Waals surface area contributed by atoms with Crippen LogP contribution in [0, 0.1) is 0 Å². The largest absolute Gasteiger partial charge is 0.497 e. The summed E-state index contributed by atoms with van der Waals surface area (Å²) in [5.41, 5.74) is 1.71. The van der Waals surface area contributed by atoms with Crippen LogP contribution in [0.2, 0.25) is 0 Å². The number of ether oxygens (including phenoxy) is 1. The summed E-state index contributed by atoms with van der Waals surface area (Å²) in [4.78, 5) is 17.0. The average molecular weight is 292 g/mol. The molecule has 1 aromatic heterocycles. The van der Waals surface area contributed by atoms with Gasteiger partial charge in [-0.1, -0.05) is 12.1 Å². The molecule has 1 N–H and O–H groups in total. The molecule has 0 saturated heterocycles. The molecule has 106 valence electrons. The van der Waals surface area contributed by atoms with Crippen molar-refractivity contribution < 1.29 is 14.6 Å². The lowest BCUT2D eigenvalue weighted by Gasteiger charge is -2.16. The van der Waals surface area contributed by atoms with Gasteiger partial charge in [0, 0.05) is 19.0 Å². The number of benzene rings is 1. The van der Waals surface area contributed by atoms with E-state index in [1.165, 1.54) is 11.3 Å². The number of nitrogens with zero attached hydrogens (tertiary/aromatic N) is 2. The Labute approximate surface area is 121 Å². The normalized spacial score (nSPS) is 10.3. The molecule has 0 aliphatic carbocycles. The Bertz CT molecular complexity index is 598. The average Bonchev–Trinajstić information content (AvgIpc) is 2.86. The Morgan fingerprint density at radius 2 is 2.30 bits per heavy atom. The van der Waals surface area contributed by atoms with E-state index in [-0.39, 0.29) is 6.42 Å². The number of carboxylic acids is 1. The number of hydrogen-bond acceptors (Lipinski definition) is 5. The van der Waals surface area contributed by atoms with E-state index in [1.54, 1.807) is 12.5 Å². The van der Waals surface area contributed by atoms with Crippen LogP contribution in [0.5, 0.6) is 5.75 Å². The van der Waals surface area contributed by atoms with Crippen molar-refractivity contribution in [2.24, 2.45) is 0 Å². The summed E-state index contributed by atoms with van der Waals surface area (Å²) in [6.45, 7) is 0.692. The van der Waals surface area contributed by atoms with Crippen LogP contribution in [-0.4, -0.2) is 30.2 Å². The maximum atomic E-state index is 10.6. The number of thiazole rings is 1. The Morgan fingerprint density at radius 3 is 3.00 bits per heavy atom. The lowest BCUT2D eigenvalue weighted by atomic mass is 10.2. The fourth-order valence-corrected chi connectivity index (χ4v) is 2.61. The van der Waals surface area contributed by atoms with E-state index in [0.717, 1.165) is 16.4 Å². The lowest BCUT2D eigenvalue weighted by Crippen LogP contribution is -2.16. The van der Waals surface area contributed by atoms with E-state index in [1.807, 2.05) is 36.2 Å². The van der Waals surface area contributed by atoms with Crippen molar-refractivity contribution in [2.75, 3.05) is 19.1 Å². The number of methoxy groups -OCH3 is 1. The quantitative estimate of drug-likeness (QED) is 0.886. The van der Waals surface area contributed by atoms with Crippen molar-refractivity contribution in [1.29, 1.82) is 0 Å². The highest BCUT2D eigenvalue weighted by Gasteiger charge is 2.10. The zero-order valence-electron chi connectivity index (χ0n) is 11.4. The van der Waals surface area contributed by atoms with Crippen molar-refractivity contribution in [3.63, 3.8) is 0 Å². The molecule has 0 radical (unpaired) electrons. The molecular formula is C14H16N2O3S. The van der Waals surface area contributed by atoms with Crippen LogP contribution in [-0.2, 0) is 17.8 Å². The van der Waals surface area contributed by atoms with Crippen LogP contribution in [0.4, 0.5) is 5.13 Å². The first kappa shape index (κ1) is 14.3. The maximum absolute atomic E-state index is 10.6. The second kappa shape index (κ2) is 6.38. The summed E-state index contributed by atoms with van der Waals surface area (Å²) < 4.78 is 5.19. The summed E-state index contributed by atoms with van der Waals surface area (Å²) in [6, 6.07) is 7.84. The molecule has 20 heavy (non-hydrogen) atoms. The Balaban J connectivity index is 2.05. The van der Waals surface area contributed by atoms with Crippen LogP contribution < -0.4 is 9.64 Å². The minimum absolute atomic E-state index is 0.0382. The fourth-order valence-electron chi connectivity index (χ4n) is 1.82. The van der Waals surface area contributed by atoms with Crippen molar-refractivity contribution in [3.8, 4) is 5.75 Å². The topological polar surface area (TPSA) is 62.7 Å². The molecule has 0 amide bonds. The molecule has 5 nitrogen and oxygen atoms in total. The number of rotatable bonds is 6. The summed E-state index contributed by atoms with van der Waals surface area (Å²) in [5, 5.41) is 11.3. The minimum Gasteiger partial charge on any atom is -0.497 e. The molecular weight excluding hydrogens is 276 g/mol. The molecule has 0 fully saturated rings. The smallest absolute Gasteiger partial charge is 0.309 e. The first-order valence-corrected chi connectivity index (χ1v) is 6.96. The van der Waals surface area contributed by atoms with Crippen molar-refractivity contribution in [1.82, 2.24) is 4.98 Å². The monoisotopic (exact) mass is 292 g/mol. The molecule has 0 spiro atoms. The van der Waals surface area contributed by atoms with Gasteiger partial charge in [0.1, 0.15) is 5.75 Å². The van der Waals surface area contributed by atoms with E-state index in [0.29, 0.717) is 12.2 Å². The van der Waals surface area contributed by atoms with Gasteiger partial charge in [0.05, 0.1) is 19.2 Å². The predicted molar refractivity (Wildman–Crippen MR) is 78.6 cm³/mol. The molecule has 0 aliphatic heterocycles. The lowest BCUT2D eigenvalue weighted by molar-refractivity contribution is -0.136. The molecule has 1 heterocycles. The molecule has 0 bridgehead atoms. The summed E-state index contributed by atoms with van der Waals surface area (Å²) >= 11 is 1.45. The summed E-state index contributed by atoms with van der Waals surface area (Å²) in [7, 11) is 3.57. The molecule has 2 rings (SSSR count). The third-order valence-corrected chi connectivity index (χ3v) is 3.76. The van der Waals surface area contributed by atoms with Gasteiger partial charge in [0.2, 0.25) is 0 Å². The molecule has 0 unspecified atom stereocenters. The van der Waals surface area contributed by atoms with Crippen LogP contribution in [0.3, 0.4) is 0 Å². The first-order valence-electron chi connectivity index (χ1n) is 6.08. The molecule has 2 aromatic rings. The second-order valence-corrected chi connectivity index (χ2v) is 5.24. The van der Waals surface area contributed by atoms with Gasteiger partial charge in [-0.2, -0.15) is 0 Å². The summed E-state index contributed by atoms with van der Waals surface area (Å²) in [6.07, 6.45) is -0.0382. The Morgan fingerprint density at radius 1 is 1.50 bits per heavy atom. The Hall–Kier alpha value is -2.08. The second-order valence-electron chi connectivity index (χ2n) is 4.40. The number of aromatic nitrogens is 1. The number of aliphatic carboxylic acids is 1. The zero-order chi connectivity index (χ0) is 14.5. The molecule has 6 heteroatoms. The fraction of sp³-hybridized carbons (Fsp3) is 0.286. The van der Waals surface area contributed by atoms with Gasteiger partial charge < -0.3 is 14.7 Å². The molecule has 1 aromatic carbocycles. The van der Waals surface area contributed by atoms with Gasteiger partial charge in [-0.05, 0) is 17.7 Å². The number of hydrogen-bond donors (Lipinski definition) is 1. The van der Waals surface area contributed by atoms with Gasteiger partial charge in [-0.3, -0.25) is 4.79 Å². The van der Waals surface area contributed by atoms with Gasteiger partial charge in [-0.25, -0.2) is 4.98 Å². The summed E-state index contributed by atoms with van der Waals surface area (Å²) in [5.74, 6) is -0.0427. The van der Waals surface area contributed by atoms with E-state index in [9.17, 15) is 4.79 Å². The number of carbonyl (C=O) groups is 1. The third-order valence-electron chi connectivity index (χ3n) is 2.75. The van der Waals surface area contributed by atoms with Gasteiger partial charge >= 0.3 is 5.97 Å². The Kier molecular flexibility index (Phi) is 4.57.